The van der Waals surface area contributed by atoms with Gasteiger partial charge in [-0.25, -0.2) is 0 Å². The van der Waals surface area contributed by atoms with Crippen LogP contribution in [0.15, 0.2) is 24.3 Å². The van der Waals surface area contributed by atoms with E-state index < -0.39 is 0 Å². The molecular weight excluding hydrogens is 284 g/mol. The van der Waals surface area contributed by atoms with Crippen molar-refractivity contribution in [3.8, 4) is 5.75 Å². The van der Waals surface area contributed by atoms with Gasteiger partial charge in [0.25, 0.3) is 0 Å². The van der Waals surface area contributed by atoms with E-state index in [0.29, 0.717) is 23.6 Å². The van der Waals surface area contributed by atoms with Gasteiger partial charge < -0.3 is 10.1 Å². The summed E-state index contributed by atoms with van der Waals surface area (Å²) in [5, 5.41) is 4.26. The molecule has 1 fully saturated rings. The molecule has 1 heterocycles. The molecule has 0 aliphatic carbocycles. The Hall–Kier alpha value is -0.770. The number of benzene rings is 1. The molecule has 1 atom stereocenters. The first-order chi connectivity index (χ1) is 10.1. The van der Waals surface area contributed by atoms with Crippen LogP contribution in [0.2, 0.25) is 5.02 Å². The van der Waals surface area contributed by atoms with E-state index in [1.54, 1.807) is 0 Å². The summed E-state index contributed by atoms with van der Waals surface area (Å²) in [6.07, 6.45) is 2.59. The van der Waals surface area contributed by atoms with Crippen LogP contribution < -0.4 is 10.1 Å². The number of hydrogen-bond donors (Lipinski definition) is 1. The number of nitrogens with zero attached hydrogens (tertiary/aromatic N) is 1. The highest BCUT2D eigenvalue weighted by Gasteiger charge is 2.18. The van der Waals surface area contributed by atoms with Crippen molar-refractivity contribution in [2.24, 2.45) is 5.92 Å². The molecule has 21 heavy (non-hydrogen) atoms. The molecule has 1 aliphatic heterocycles. The quantitative estimate of drug-likeness (QED) is 0.796. The third-order valence-electron chi connectivity index (χ3n) is 3.77. The number of ether oxygens (including phenoxy) is 1. The Morgan fingerprint density at radius 1 is 1.38 bits per heavy atom. The zero-order valence-electron chi connectivity index (χ0n) is 13.1. The Balaban J connectivity index is 1.79. The molecule has 1 aromatic carbocycles. The predicted octanol–water partition coefficient (Wildman–Crippen LogP) is 3.43. The van der Waals surface area contributed by atoms with Crippen LogP contribution >= 0.6 is 11.6 Å². The van der Waals surface area contributed by atoms with Gasteiger partial charge in [0.1, 0.15) is 12.4 Å². The third-order valence-corrected chi connectivity index (χ3v) is 4.08. The predicted molar refractivity (Wildman–Crippen MR) is 89.2 cm³/mol. The second-order valence-electron chi connectivity index (χ2n) is 6.23. The molecule has 0 saturated carbocycles. The van der Waals surface area contributed by atoms with E-state index >= 15 is 0 Å². The van der Waals surface area contributed by atoms with Crippen molar-refractivity contribution in [2.75, 3.05) is 32.8 Å². The van der Waals surface area contributed by atoms with Crippen molar-refractivity contribution in [1.29, 1.82) is 0 Å². The maximum Gasteiger partial charge on any atom is 0.137 e. The van der Waals surface area contributed by atoms with Crippen LogP contribution in [0.25, 0.3) is 0 Å². The van der Waals surface area contributed by atoms with E-state index in [1.807, 2.05) is 24.3 Å². The van der Waals surface area contributed by atoms with E-state index in [4.69, 9.17) is 16.3 Å². The minimum Gasteiger partial charge on any atom is -0.491 e. The van der Waals surface area contributed by atoms with Crippen LogP contribution in [-0.4, -0.2) is 43.7 Å². The standard InChI is InChI=1S/C17H27ClN2O/c1-14(2)12-20(13-15-6-5-9-19-15)10-11-21-17-8-4-3-7-16(17)18/h3-4,7-8,14-15,19H,5-6,9-13H2,1-2H3. The molecule has 1 N–H and O–H groups in total. The number of halogens is 1. The molecule has 0 radical (unpaired) electrons. The molecule has 0 spiro atoms. The number of para-hydroxylation sites is 1. The van der Waals surface area contributed by atoms with E-state index in [-0.39, 0.29) is 0 Å². The second-order valence-corrected chi connectivity index (χ2v) is 6.63. The zero-order chi connectivity index (χ0) is 15.1. The summed E-state index contributed by atoms with van der Waals surface area (Å²) in [4.78, 5) is 2.50. The molecule has 0 bridgehead atoms. The maximum absolute atomic E-state index is 6.11. The molecular formula is C17H27ClN2O. The van der Waals surface area contributed by atoms with Gasteiger partial charge >= 0.3 is 0 Å². The van der Waals surface area contributed by atoms with E-state index in [9.17, 15) is 0 Å². The minimum absolute atomic E-state index is 0.643. The summed E-state index contributed by atoms with van der Waals surface area (Å²) in [6, 6.07) is 8.31. The lowest BCUT2D eigenvalue weighted by atomic mass is 10.1. The van der Waals surface area contributed by atoms with Gasteiger partial charge in [0.2, 0.25) is 0 Å². The highest BCUT2D eigenvalue weighted by atomic mass is 35.5. The highest BCUT2D eigenvalue weighted by molar-refractivity contribution is 6.32. The van der Waals surface area contributed by atoms with Crippen molar-refractivity contribution in [1.82, 2.24) is 10.2 Å². The molecule has 1 saturated heterocycles. The van der Waals surface area contributed by atoms with Crippen LogP contribution in [0.3, 0.4) is 0 Å². The molecule has 1 unspecified atom stereocenters. The van der Waals surface area contributed by atoms with Crippen LogP contribution in [0, 0.1) is 5.92 Å². The number of rotatable bonds is 8. The maximum atomic E-state index is 6.11. The summed E-state index contributed by atoms with van der Waals surface area (Å²) in [6.45, 7) is 9.56. The molecule has 0 aromatic heterocycles. The first kappa shape index (κ1) is 16.6. The second kappa shape index (κ2) is 8.62. The highest BCUT2D eigenvalue weighted by Crippen LogP contribution is 2.23. The average Bonchev–Trinajstić information content (AvgIpc) is 2.93. The molecule has 3 nitrogen and oxygen atoms in total. The van der Waals surface area contributed by atoms with E-state index in [0.717, 1.165) is 31.9 Å². The van der Waals surface area contributed by atoms with Crippen LogP contribution in [0.4, 0.5) is 0 Å². The largest absolute Gasteiger partial charge is 0.491 e. The monoisotopic (exact) mass is 310 g/mol. The molecule has 1 aliphatic rings. The van der Waals surface area contributed by atoms with E-state index in [2.05, 4.69) is 24.1 Å². The van der Waals surface area contributed by atoms with Gasteiger partial charge in [-0.1, -0.05) is 37.6 Å². The first-order valence-corrected chi connectivity index (χ1v) is 8.36. The van der Waals surface area contributed by atoms with E-state index in [1.165, 1.54) is 12.8 Å². The van der Waals surface area contributed by atoms with Crippen molar-refractivity contribution < 1.29 is 4.74 Å². The molecule has 2 rings (SSSR count). The summed E-state index contributed by atoms with van der Waals surface area (Å²) in [5.41, 5.74) is 0. The lowest BCUT2D eigenvalue weighted by Crippen LogP contribution is -2.41. The van der Waals surface area contributed by atoms with Crippen molar-refractivity contribution >= 4 is 11.6 Å². The molecule has 1 aromatic rings. The summed E-state index contributed by atoms with van der Waals surface area (Å²) in [7, 11) is 0. The summed E-state index contributed by atoms with van der Waals surface area (Å²) >= 11 is 6.11. The first-order valence-electron chi connectivity index (χ1n) is 7.98. The van der Waals surface area contributed by atoms with Gasteiger partial charge in [-0.05, 0) is 37.4 Å². The van der Waals surface area contributed by atoms with Crippen LogP contribution in [0.1, 0.15) is 26.7 Å². The Labute approximate surface area is 133 Å². The SMILES string of the molecule is CC(C)CN(CCOc1ccccc1Cl)CC1CCCN1. The Kier molecular flexibility index (Phi) is 6.81. The van der Waals surface area contributed by atoms with Crippen molar-refractivity contribution in [2.45, 2.75) is 32.7 Å². The minimum atomic E-state index is 0.643. The van der Waals surface area contributed by atoms with Gasteiger partial charge in [0.15, 0.2) is 0 Å². The van der Waals surface area contributed by atoms with Crippen molar-refractivity contribution in [3.05, 3.63) is 29.3 Å². The fourth-order valence-corrected chi connectivity index (χ4v) is 3.03. The fourth-order valence-electron chi connectivity index (χ4n) is 2.84. The lowest BCUT2D eigenvalue weighted by molar-refractivity contribution is 0.181. The Morgan fingerprint density at radius 2 is 2.19 bits per heavy atom. The van der Waals surface area contributed by atoms with Gasteiger partial charge in [0.05, 0.1) is 5.02 Å². The zero-order valence-corrected chi connectivity index (χ0v) is 13.9. The van der Waals surface area contributed by atoms with Crippen LogP contribution in [-0.2, 0) is 0 Å². The topological polar surface area (TPSA) is 24.5 Å². The molecule has 118 valence electrons. The smallest absolute Gasteiger partial charge is 0.137 e. The van der Waals surface area contributed by atoms with Crippen LogP contribution in [0.5, 0.6) is 5.75 Å². The third kappa shape index (κ3) is 5.85. The lowest BCUT2D eigenvalue weighted by Gasteiger charge is -2.27. The average molecular weight is 311 g/mol. The van der Waals surface area contributed by atoms with Gasteiger partial charge in [0, 0.05) is 25.7 Å². The summed E-state index contributed by atoms with van der Waals surface area (Å²) < 4.78 is 5.82. The normalized spacial score (nSPS) is 18.6. The Bertz CT molecular complexity index is 419. The fraction of sp³-hybridized carbons (Fsp3) is 0.647. The number of nitrogens with one attached hydrogen (secondary N) is 1. The molecule has 4 heteroatoms. The molecule has 0 amide bonds. The van der Waals surface area contributed by atoms with Gasteiger partial charge in [-0.3, -0.25) is 4.90 Å². The van der Waals surface area contributed by atoms with Gasteiger partial charge in [-0.15, -0.1) is 0 Å². The van der Waals surface area contributed by atoms with Gasteiger partial charge in [-0.2, -0.15) is 0 Å². The Morgan fingerprint density at radius 3 is 2.86 bits per heavy atom. The summed E-state index contributed by atoms with van der Waals surface area (Å²) in [5.74, 6) is 1.45. The number of hydrogen-bond acceptors (Lipinski definition) is 3. The van der Waals surface area contributed by atoms with Crippen molar-refractivity contribution in [3.63, 3.8) is 0 Å².